The third-order valence-electron chi connectivity index (χ3n) is 5.85. The van der Waals surface area contributed by atoms with Crippen molar-refractivity contribution in [3.63, 3.8) is 0 Å². The molecule has 1 atom stereocenters. The number of ether oxygens (including phenoxy) is 1. The normalized spacial score (nSPS) is 12.7. The molecule has 3 nitrogen and oxygen atoms in total. The fourth-order valence-corrected chi connectivity index (χ4v) is 4.58. The molecule has 0 amide bonds. The lowest BCUT2D eigenvalue weighted by atomic mass is 10.0. The molecular formula is C27H47O3S. The quantitative estimate of drug-likeness (QED) is 0.192. The molecule has 0 saturated heterocycles. The van der Waals surface area contributed by atoms with Crippen LogP contribution in [0.25, 0.3) is 0 Å². The minimum absolute atomic E-state index is 0.0144. The Bertz CT molecular complexity index is 654. The second kappa shape index (κ2) is 17.5. The van der Waals surface area contributed by atoms with E-state index in [1.54, 1.807) is 0 Å². The van der Waals surface area contributed by atoms with Gasteiger partial charge in [0.2, 0.25) is 0 Å². The van der Waals surface area contributed by atoms with Crippen molar-refractivity contribution in [2.24, 2.45) is 5.92 Å². The average Bonchev–Trinajstić information content (AvgIpc) is 2.74. The van der Waals surface area contributed by atoms with E-state index < -0.39 is 9.84 Å². The molecule has 31 heavy (non-hydrogen) atoms. The van der Waals surface area contributed by atoms with Crippen molar-refractivity contribution in [3.8, 4) is 5.75 Å². The summed E-state index contributed by atoms with van der Waals surface area (Å²) in [5.41, 5.74) is 1.32. The molecule has 4 heteroatoms. The van der Waals surface area contributed by atoms with Gasteiger partial charge < -0.3 is 4.74 Å². The van der Waals surface area contributed by atoms with Crippen LogP contribution in [0.2, 0.25) is 0 Å². The monoisotopic (exact) mass is 451 g/mol. The van der Waals surface area contributed by atoms with Crippen LogP contribution in [0.15, 0.2) is 24.3 Å². The zero-order valence-electron chi connectivity index (χ0n) is 20.2. The first-order valence-corrected chi connectivity index (χ1v) is 14.7. The van der Waals surface area contributed by atoms with Gasteiger partial charge >= 0.3 is 0 Å². The van der Waals surface area contributed by atoms with Gasteiger partial charge in [-0.3, -0.25) is 0 Å². The molecule has 0 saturated carbocycles. The highest BCUT2D eigenvalue weighted by Crippen LogP contribution is 2.18. The van der Waals surface area contributed by atoms with Crippen LogP contribution >= 0.6 is 0 Å². The first kappa shape index (κ1) is 28.0. The number of rotatable bonds is 20. The lowest BCUT2D eigenvalue weighted by molar-refractivity contribution is 0.271. The summed E-state index contributed by atoms with van der Waals surface area (Å²) in [5.74, 6) is 1.02. The van der Waals surface area contributed by atoms with Crippen LogP contribution < -0.4 is 4.74 Å². The molecule has 0 bridgehead atoms. The number of benzene rings is 1. The number of sulfone groups is 1. The summed E-state index contributed by atoms with van der Waals surface area (Å²) in [6.07, 6.45) is 20.8. The Morgan fingerprint density at radius 2 is 1.42 bits per heavy atom. The lowest BCUT2D eigenvalue weighted by Gasteiger charge is -2.13. The summed E-state index contributed by atoms with van der Waals surface area (Å²) >= 11 is 0. The molecule has 0 fully saturated rings. The largest absolute Gasteiger partial charge is 0.493 e. The van der Waals surface area contributed by atoms with E-state index in [9.17, 15) is 8.42 Å². The fraction of sp³-hybridized carbons (Fsp3) is 0.741. The molecule has 0 aliphatic heterocycles. The van der Waals surface area contributed by atoms with Crippen LogP contribution in [0.3, 0.4) is 0 Å². The maximum atomic E-state index is 11.3. The van der Waals surface area contributed by atoms with Crippen LogP contribution in [0, 0.1) is 12.8 Å². The Morgan fingerprint density at radius 3 is 1.97 bits per heavy atom. The van der Waals surface area contributed by atoms with Gasteiger partial charge in [0, 0.05) is 6.26 Å². The van der Waals surface area contributed by atoms with Crippen molar-refractivity contribution in [2.45, 2.75) is 103 Å². The predicted octanol–water partition coefficient (Wildman–Crippen LogP) is 7.58. The highest BCUT2D eigenvalue weighted by Gasteiger charge is 2.09. The third-order valence-corrected chi connectivity index (χ3v) is 6.83. The van der Waals surface area contributed by atoms with Gasteiger partial charge in [-0.05, 0) is 49.8 Å². The van der Waals surface area contributed by atoms with E-state index in [4.69, 9.17) is 4.74 Å². The van der Waals surface area contributed by atoms with Crippen molar-refractivity contribution < 1.29 is 13.2 Å². The van der Waals surface area contributed by atoms with E-state index in [0.29, 0.717) is 13.0 Å². The van der Waals surface area contributed by atoms with Gasteiger partial charge in [-0.1, -0.05) is 96.1 Å². The molecule has 1 aromatic rings. The highest BCUT2D eigenvalue weighted by atomic mass is 32.2. The van der Waals surface area contributed by atoms with E-state index in [2.05, 4.69) is 26.0 Å². The van der Waals surface area contributed by atoms with E-state index in [1.165, 1.54) is 95.3 Å². The molecule has 0 aromatic heterocycles. The molecule has 0 N–H and O–H groups in total. The first-order valence-electron chi connectivity index (χ1n) is 12.6. The van der Waals surface area contributed by atoms with E-state index in [-0.39, 0.29) is 11.7 Å². The summed E-state index contributed by atoms with van der Waals surface area (Å²) in [4.78, 5) is 0. The molecule has 0 aliphatic rings. The van der Waals surface area contributed by atoms with Crippen LogP contribution in [0.4, 0.5) is 0 Å². The third kappa shape index (κ3) is 17.2. The van der Waals surface area contributed by atoms with E-state index >= 15 is 0 Å². The fourth-order valence-electron chi connectivity index (χ4n) is 3.82. The van der Waals surface area contributed by atoms with Gasteiger partial charge in [0.05, 0.1) is 12.4 Å². The van der Waals surface area contributed by atoms with Crippen LogP contribution in [0.5, 0.6) is 5.75 Å². The number of hydrogen-bond acceptors (Lipinski definition) is 3. The second-order valence-corrected chi connectivity index (χ2v) is 11.5. The van der Waals surface area contributed by atoms with E-state index in [1.807, 2.05) is 12.1 Å². The van der Waals surface area contributed by atoms with Gasteiger partial charge in [0.25, 0.3) is 0 Å². The molecule has 0 spiro atoms. The Hall–Kier alpha value is -1.03. The minimum Gasteiger partial charge on any atom is -0.493 e. The van der Waals surface area contributed by atoms with Crippen molar-refractivity contribution in [3.05, 3.63) is 36.8 Å². The van der Waals surface area contributed by atoms with E-state index in [0.717, 1.165) is 12.2 Å². The van der Waals surface area contributed by atoms with Crippen molar-refractivity contribution >= 4 is 9.84 Å². The zero-order chi connectivity index (χ0) is 22.8. The molecule has 0 heterocycles. The molecule has 179 valence electrons. The minimum atomic E-state index is -2.93. The average molecular weight is 452 g/mol. The zero-order valence-corrected chi connectivity index (χ0v) is 21.1. The SMILES string of the molecule is [CH2]C(CCS(C)(=O)=O)COc1cccc(CCCCCCCCCCCCCCC)c1. The number of hydrogen-bond donors (Lipinski definition) is 0. The Labute approximate surface area is 193 Å². The Kier molecular flexibility index (Phi) is 15.8. The molecule has 1 radical (unpaired) electrons. The molecule has 1 aromatic carbocycles. The van der Waals surface area contributed by atoms with Crippen LogP contribution in [-0.4, -0.2) is 27.0 Å². The van der Waals surface area contributed by atoms with Gasteiger partial charge in [-0.15, -0.1) is 0 Å². The summed E-state index contributed by atoms with van der Waals surface area (Å²) in [6, 6.07) is 8.29. The summed E-state index contributed by atoms with van der Waals surface area (Å²) in [7, 11) is -2.93. The molecule has 1 unspecified atom stereocenters. The topological polar surface area (TPSA) is 43.4 Å². The van der Waals surface area contributed by atoms with Crippen LogP contribution in [0.1, 0.15) is 102 Å². The lowest BCUT2D eigenvalue weighted by Crippen LogP contribution is -2.14. The summed E-state index contributed by atoms with van der Waals surface area (Å²) < 4.78 is 28.3. The van der Waals surface area contributed by atoms with Gasteiger partial charge in [-0.2, -0.15) is 0 Å². The maximum Gasteiger partial charge on any atom is 0.147 e. The summed E-state index contributed by atoms with van der Waals surface area (Å²) in [6.45, 7) is 6.74. The van der Waals surface area contributed by atoms with Gasteiger partial charge in [-0.25, -0.2) is 8.42 Å². The van der Waals surface area contributed by atoms with Crippen molar-refractivity contribution in [1.29, 1.82) is 0 Å². The van der Waals surface area contributed by atoms with Crippen molar-refractivity contribution in [2.75, 3.05) is 18.6 Å². The maximum absolute atomic E-state index is 11.3. The highest BCUT2D eigenvalue weighted by molar-refractivity contribution is 7.90. The second-order valence-electron chi connectivity index (χ2n) is 9.24. The standard InChI is InChI=1S/C27H47O3S/c1-4-5-6-7-8-9-10-11-12-13-14-15-16-18-26-19-17-20-27(23-26)30-24-25(2)21-22-31(3,28)29/h17,19-20,23,25H,2,4-16,18,21-22,24H2,1,3H3. The van der Waals surface area contributed by atoms with Gasteiger partial charge in [0.15, 0.2) is 0 Å². The van der Waals surface area contributed by atoms with Crippen molar-refractivity contribution in [1.82, 2.24) is 0 Å². The predicted molar refractivity (Wildman–Crippen MR) is 135 cm³/mol. The number of aryl methyl sites for hydroxylation is 1. The van der Waals surface area contributed by atoms with Crippen LogP contribution in [-0.2, 0) is 16.3 Å². The number of unbranched alkanes of at least 4 members (excludes halogenated alkanes) is 12. The van der Waals surface area contributed by atoms with Gasteiger partial charge in [0.1, 0.15) is 15.6 Å². The first-order chi connectivity index (χ1) is 14.9. The molecule has 0 aliphatic carbocycles. The summed E-state index contributed by atoms with van der Waals surface area (Å²) in [5, 5.41) is 0. The Balaban J connectivity index is 2.05. The smallest absolute Gasteiger partial charge is 0.147 e. The molecular weight excluding hydrogens is 404 g/mol. The Morgan fingerprint density at radius 1 is 0.871 bits per heavy atom. The molecule has 1 rings (SSSR count).